The summed E-state index contributed by atoms with van der Waals surface area (Å²) in [5.41, 5.74) is 0. The van der Waals surface area contributed by atoms with Crippen LogP contribution in [0.2, 0.25) is 0 Å². The summed E-state index contributed by atoms with van der Waals surface area (Å²) in [7, 11) is 1.91. The van der Waals surface area contributed by atoms with Crippen molar-refractivity contribution in [1.82, 2.24) is 15.1 Å². The minimum atomic E-state index is 0. The van der Waals surface area contributed by atoms with E-state index in [1.54, 1.807) is 0 Å². The maximum Gasteiger partial charge on any atom is 0.222 e. The third kappa shape index (κ3) is 5.76. The topological polar surface area (TPSA) is 52.7 Å². The first-order valence-electron chi connectivity index (χ1n) is 8.41. The van der Waals surface area contributed by atoms with E-state index in [9.17, 15) is 9.59 Å². The van der Waals surface area contributed by atoms with Crippen LogP contribution in [0.4, 0.5) is 0 Å². The molecule has 2 saturated heterocycles. The molecule has 0 saturated carbocycles. The van der Waals surface area contributed by atoms with Crippen LogP contribution in [0.1, 0.15) is 44.9 Å². The molecule has 1 N–H and O–H groups in total. The zero-order chi connectivity index (χ0) is 15.1. The smallest absolute Gasteiger partial charge is 0.222 e. The van der Waals surface area contributed by atoms with Crippen molar-refractivity contribution in [3.05, 3.63) is 0 Å². The number of hydrogen-bond donors (Lipinski definition) is 1. The third-order valence-electron chi connectivity index (χ3n) is 4.68. The number of rotatable bonds is 6. The summed E-state index contributed by atoms with van der Waals surface area (Å²) in [4.78, 5) is 27.9. The van der Waals surface area contributed by atoms with Crippen LogP contribution < -0.4 is 5.32 Å². The standard InChI is InChI=1S/C16H29N3O2.ClH/c1-17-9-4-6-15(20)18-11-7-14(8-12-18)13-19-10-3-2-5-16(19)21;/h14,17H,2-13H2,1H3;1H. The molecule has 0 bridgehead atoms. The molecule has 0 aromatic carbocycles. The molecule has 5 nitrogen and oxygen atoms in total. The number of nitrogens with one attached hydrogen (secondary N) is 1. The first-order chi connectivity index (χ1) is 10.2. The largest absolute Gasteiger partial charge is 0.343 e. The summed E-state index contributed by atoms with van der Waals surface area (Å²) < 4.78 is 0. The Morgan fingerprint density at radius 2 is 1.95 bits per heavy atom. The fourth-order valence-corrected chi connectivity index (χ4v) is 3.31. The van der Waals surface area contributed by atoms with Crippen LogP contribution in [0.15, 0.2) is 0 Å². The van der Waals surface area contributed by atoms with E-state index in [1.807, 2.05) is 16.8 Å². The SMILES string of the molecule is CNCCCC(=O)N1CCC(CN2CCCCC2=O)CC1.Cl. The van der Waals surface area contributed by atoms with Crippen LogP contribution in [-0.2, 0) is 9.59 Å². The molecule has 0 aromatic heterocycles. The van der Waals surface area contributed by atoms with Gasteiger partial charge in [0.1, 0.15) is 0 Å². The molecular formula is C16H30ClN3O2. The highest BCUT2D eigenvalue weighted by atomic mass is 35.5. The summed E-state index contributed by atoms with van der Waals surface area (Å²) >= 11 is 0. The quantitative estimate of drug-likeness (QED) is 0.753. The van der Waals surface area contributed by atoms with Gasteiger partial charge in [0, 0.05) is 39.0 Å². The molecule has 22 heavy (non-hydrogen) atoms. The van der Waals surface area contributed by atoms with Gasteiger partial charge in [-0.15, -0.1) is 12.4 Å². The summed E-state index contributed by atoms with van der Waals surface area (Å²) in [6.07, 6.45) is 6.57. The van der Waals surface area contributed by atoms with Gasteiger partial charge < -0.3 is 15.1 Å². The van der Waals surface area contributed by atoms with Crippen molar-refractivity contribution in [3.8, 4) is 0 Å². The molecule has 2 amide bonds. The molecule has 0 aliphatic carbocycles. The van der Waals surface area contributed by atoms with Crippen LogP contribution >= 0.6 is 12.4 Å². The molecule has 0 aromatic rings. The average Bonchev–Trinajstić information content (AvgIpc) is 2.50. The Labute approximate surface area is 140 Å². The predicted octanol–water partition coefficient (Wildman–Crippen LogP) is 1.66. The average molecular weight is 332 g/mol. The Balaban J connectivity index is 0.00000242. The lowest BCUT2D eigenvalue weighted by Gasteiger charge is -2.36. The highest BCUT2D eigenvalue weighted by Gasteiger charge is 2.26. The third-order valence-corrected chi connectivity index (χ3v) is 4.68. The zero-order valence-corrected chi connectivity index (χ0v) is 14.5. The second kappa shape index (κ2) is 10.1. The molecule has 2 rings (SSSR count). The number of amides is 2. The van der Waals surface area contributed by atoms with Crippen molar-refractivity contribution in [2.45, 2.75) is 44.9 Å². The lowest BCUT2D eigenvalue weighted by atomic mass is 9.95. The van der Waals surface area contributed by atoms with Gasteiger partial charge in [0.25, 0.3) is 0 Å². The van der Waals surface area contributed by atoms with E-state index in [2.05, 4.69) is 5.32 Å². The molecule has 6 heteroatoms. The number of halogens is 1. The van der Waals surface area contributed by atoms with E-state index in [-0.39, 0.29) is 18.3 Å². The number of likely N-dealkylation sites (tertiary alicyclic amines) is 2. The van der Waals surface area contributed by atoms with Gasteiger partial charge in [-0.3, -0.25) is 9.59 Å². The van der Waals surface area contributed by atoms with E-state index in [0.29, 0.717) is 18.2 Å². The monoisotopic (exact) mass is 331 g/mol. The second-order valence-electron chi connectivity index (χ2n) is 6.33. The van der Waals surface area contributed by atoms with Crippen molar-refractivity contribution < 1.29 is 9.59 Å². The first kappa shape index (κ1) is 19.2. The van der Waals surface area contributed by atoms with Crippen molar-refractivity contribution in [2.24, 2.45) is 5.92 Å². The van der Waals surface area contributed by atoms with Gasteiger partial charge in [0.15, 0.2) is 0 Å². The van der Waals surface area contributed by atoms with Crippen LogP contribution in [0.5, 0.6) is 0 Å². The van der Waals surface area contributed by atoms with Crippen molar-refractivity contribution in [2.75, 3.05) is 39.8 Å². The van der Waals surface area contributed by atoms with Gasteiger partial charge in [0.05, 0.1) is 0 Å². The summed E-state index contributed by atoms with van der Waals surface area (Å²) in [5, 5.41) is 3.07. The molecule has 0 spiro atoms. The van der Waals surface area contributed by atoms with Crippen molar-refractivity contribution in [1.29, 1.82) is 0 Å². The van der Waals surface area contributed by atoms with E-state index in [4.69, 9.17) is 0 Å². The van der Waals surface area contributed by atoms with E-state index in [1.165, 1.54) is 0 Å². The normalized spacial score (nSPS) is 20.0. The summed E-state index contributed by atoms with van der Waals surface area (Å²) in [6.45, 7) is 4.47. The second-order valence-corrected chi connectivity index (χ2v) is 6.33. The lowest BCUT2D eigenvalue weighted by Crippen LogP contribution is -2.44. The Kier molecular flexibility index (Phi) is 8.79. The van der Waals surface area contributed by atoms with E-state index in [0.717, 1.165) is 71.2 Å². The van der Waals surface area contributed by atoms with Gasteiger partial charge in [-0.25, -0.2) is 0 Å². The van der Waals surface area contributed by atoms with Gasteiger partial charge >= 0.3 is 0 Å². The highest BCUT2D eigenvalue weighted by Crippen LogP contribution is 2.21. The molecule has 128 valence electrons. The van der Waals surface area contributed by atoms with Crippen molar-refractivity contribution in [3.63, 3.8) is 0 Å². The molecule has 2 aliphatic heterocycles. The summed E-state index contributed by atoms with van der Waals surface area (Å²) in [5.74, 6) is 1.19. The maximum absolute atomic E-state index is 12.1. The fourth-order valence-electron chi connectivity index (χ4n) is 3.31. The Morgan fingerprint density at radius 1 is 1.23 bits per heavy atom. The van der Waals surface area contributed by atoms with Gasteiger partial charge in [-0.1, -0.05) is 0 Å². The predicted molar refractivity (Wildman–Crippen MR) is 90.1 cm³/mol. The van der Waals surface area contributed by atoms with E-state index < -0.39 is 0 Å². The van der Waals surface area contributed by atoms with Gasteiger partial charge in [-0.05, 0) is 51.6 Å². The number of hydrogen-bond acceptors (Lipinski definition) is 3. The molecule has 2 aliphatic rings. The highest BCUT2D eigenvalue weighted by molar-refractivity contribution is 5.85. The Hall–Kier alpha value is -0.810. The zero-order valence-electron chi connectivity index (χ0n) is 13.7. The lowest BCUT2D eigenvalue weighted by molar-refractivity contribution is -0.136. The molecule has 2 fully saturated rings. The number of piperidine rings is 2. The van der Waals surface area contributed by atoms with Crippen LogP contribution in [0.3, 0.4) is 0 Å². The molecule has 0 unspecified atom stereocenters. The minimum absolute atomic E-state index is 0. The number of nitrogens with zero attached hydrogens (tertiary/aromatic N) is 2. The molecule has 0 radical (unpaired) electrons. The fraction of sp³-hybridized carbons (Fsp3) is 0.875. The molecular weight excluding hydrogens is 302 g/mol. The molecule has 2 heterocycles. The van der Waals surface area contributed by atoms with Crippen LogP contribution in [0, 0.1) is 5.92 Å². The summed E-state index contributed by atoms with van der Waals surface area (Å²) in [6, 6.07) is 0. The first-order valence-corrected chi connectivity index (χ1v) is 8.41. The van der Waals surface area contributed by atoms with Crippen LogP contribution in [-0.4, -0.2) is 61.4 Å². The Bertz CT molecular complexity index is 357. The number of carbonyl (C=O) groups excluding carboxylic acids is 2. The van der Waals surface area contributed by atoms with Gasteiger partial charge in [-0.2, -0.15) is 0 Å². The van der Waals surface area contributed by atoms with Crippen LogP contribution in [0.25, 0.3) is 0 Å². The number of carbonyl (C=O) groups is 2. The maximum atomic E-state index is 12.1. The van der Waals surface area contributed by atoms with E-state index >= 15 is 0 Å². The molecule has 0 atom stereocenters. The minimum Gasteiger partial charge on any atom is -0.343 e. The Morgan fingerprint density at radius 3 is 2.59 bits per heavy atom. The van der Waals surface area contributed by atoms with Crippen molar-refractivity contribution >= 4 is 24.2 Å². The van der Waals surface area contributed by atoms with Gasteiger partial charge in [0.2, 0.25) is 11.8 Å².